The van der Waals surface area contributed by atoms with E-state index < -0.39 is 0 Å². The molecule has 119 heavy (non-hydrogen) atoms. The van der Waals surface area contributed by atoms with Gasteiger partial charge in [-0.05, 0) is 337 Å². The molecule has 27 rings (SSSR count). The molecule has 8 saturated carbocycles. The minimum absolute atomic E-state index is 0.204. The Labute approximate surface area is 698 Å². The summed E-state index contributed by atoms with van der Waals surface area (Å²) in [6.07, 6.45) is 14.3. The molecule has 0 atom stereocenters. The van der Waals surface area contributed by atoms with Gasteiger partial charge in [0.25, 0.3) is 0 Å². The minimum Gasteiger partial charge on any atom is -0.456 e. The van der Waals surface area contributed by atoms with Crippen molar-refractivity contribution in [3.05, 3.63) is 411 Å². The first kappa shape index (κ1) is 70.2. The normalized spacial score (nSPS) is 22.0. The van der Waals surface area contributed by atoms with Crippen LogP contribution < -0.4 is 9.80 Å². The summed E-state index contributed by atoms with van der Waals surface area (Å²) >= 11 is 0. The van der Waals surface area contributed by atoms with Crippen LogP contribution in [-0.2, 0) is 10.8 Å². The van der Waals surface area contributed by atoms with Gasteiger partial charge < -0.3 is 14.2 Å². The zero-order valence-corrected chi connectivity index (χ0v) is 66.9. The van der Waals surface area contributed by atoms with Crippen LogP contribution in [0.1, 0.15) is 86.5 Å². The first-order valence-electron chi connectivity index (χ1n) is 43.7. The lowest BCUT2D eigenvalue weighted by Crippen LogP contribution is -2.55. The van der Waals surface area contributed by atoms with Crippen LogP contribution >= 0.6 is 0 Å². The first-order chi connectivity index (χ1) is 58.9. The number of furan rings is 1. The van der Waals surface area contributed by atoms with Crippen molar-refractivity contribution < 1.29 is 4.42 Å². The number of hydrogen-bond acceptors (Lipinski definition) is 3. The molecule has 10 aliphatic rings. The third-order valence-electron chi connectivity index (χ3n) is 29.7. The second-order valence-electron chi connectivity index (χ2n) is 35.9. The van der Waals surface area contributed by atoms with E-state index in [1.165, 1.54) is 164 Å². The summed E-state index contributed by atoms with van der Waals surface area (Å²) in [5, 5.41) is 2.27. The molecule has 2 spiro atoms. The molecule has 16 aromatic carbocycles. The van der Waals surface area contributed by atoms with Gasteiger partial charge in [-0.2, -0.15) is 0 Å². The average molecular weight is 1530 g/mol. The number of benzene rings is 16. The summed E-state index contributed by atoms with van der Waals surface area (Å²) in [5.74, 6) is 6.94. The van der Waals surface area contributed by atoms with Gasteiger partial charge >= 0.3 is 0 Å². The number of fused-ring (bicyclic) bond motifs is 9. The Bertz CT molecular complexity index is 6600. The van der Waals surface area contributed by atoms with Crippen LogP contribution in [-0.4, -0.2) is 0 Å². The Balaban J connectivity index is 0.000000136. The van der Waals surface area contributed by atoms with Gasteiger partial charge in [-0.15, -0.1) is 0 Å². The average Bonchev–Trinajstić information content (AvgIpc) is 1.53. The van der Waals surface area contributed by atoms with E-state index in [1.54, 1.807) is 22.3 Å². The summed E-state index contributed by atoms with van der Waals surface area (Å²) in [5.41, 5.74) is 38.5. The van der Waals surface area contributed by atoms with Gasteiger partial charge in [0.15, 0.2) is 0 Å². The molecule has 0 aliphatic heterocycles. The molecule has 8 bridgehead atoms. The van der Waals surface area contributed by atoms with E-state index in [9.17, 15) is 0 Å². The third-order valence-corrected chi connectivity index (χ3v) is 29.7. The van der Waals surface area contributed by atoms with Crippen molar-refractivity contribution in [2.45, 2.75) is 75.0 Å². The molecule has 3 nitrogen and oxygen atoms in total. The Kier molecular flexibility index (Phi) is 16.7. The Morgan fingerprint density at radius 1 is 0.185 bits per heavy atom. The fraction of sp³-hybridized carbons (Fsp3) is 0.172. The lowest BCUT2D eigenvalue weighted by Gasteiger charge is -2.61. The zero-order valence-electron chi connectivity index (χ0n) is 66.9. The van der Waals surface area contributed by atoms with E-state index in [2.05, 4.69) is 386 Å². The van der Waals surface area contributed by atoms with Gasteiger partial charge in [0.1, 0.15) is 11.2 Å². The molecule has 3 heteroatoms. The number of anilines is 6. The molecule has 0 radical (unpaired) electrons. The fourth-order valence-corrected chi connectivity index (χ4v) is 25.1. The smallest absolute Gasteiger partial charge is 0.137 e. The van der Waals surface area contributed by atoms with Crippen molar-refractivity contribution in [3.8, 4) is 100 Å². The Morgan fingerprint density at radius 3 is 0.891 bits per heavy atom. The molecule has 572 valence electrons. The van der Waals surface area contributed by atoms with E-state index in [0.717, 1.165) is 103 Å². The van der Waals surface area contributed by atoms with Crippen molar-refractivity contribution in [2.75, 3.05) is 9.80 Å². The van der Waals surface area contributed by atoms with Crippen molar-refractivity contribution in [3.63, 3.8) is 0 Å². The van der Waals surface area contributed by atoms with E-state index in [0.29, 0.717) is 0 Å². The van der Waals surface area contributed by atoms with Gasteiger partial charge in [-0.3, -0.25) is 0 Å². The van der Waals surface area contributed by atoms with Crippen molar-refractivity contribution in [2.24, 2.45) is 47.3 Å². The molecule has 1 aromatic heterocycles. The van der Waals surface area contributed by atoms with Crippen LogP contribution in [0.3, 0.4) is 0 Å². The second-order valence-corrected chi connectivity index (χ2v) is 35.9. The Morgan fingerprint density at radius 2 is 0.471 bits per heavy atom. The number of para-hydroxylation sites is 1. The van der Waals surface area contributed by atoms with Gasteiger partial charge in [-0.1, -0.05) is 279 Å². The topological polar surface area (TPSA) is 19.6 Å². The summed E-state index contributed by atoms with van der Waals surface area (Å²) in [4.78, 5) is 4.72. The summed E-state index contributed by atoms with van der Waals surface area (Å²) in [6, 6.07) is 144. The molecule has 17 aromatic rings. The molecule has 8 fully saturated rings. The maximum atomic E-state index is 6.38. The van der Waals surface area contributed by atoms with Crippen molar-refractivity contribution >= 4 is 56.1 Å². The molecule has 0 saturated heterocycles. The maximum absolute atomic E-state index is 6.38. The minimum atomic E-state index is 0.204. The second kappa shape index (κ2) is 28.3. The number of rotatable bonds is 13. The highest BCUT2D eigenvalue weighted by Gasteiger charge is 2.63. The van der Waals surface area contributed by atoms with E-state index in [-0.39, 0.29) is 10.8 Å². The lowest BCUT2D eigenvalue weighted by atomic mass is 9.43. The molecule has 0 unspecified atom stereocenters. The van der Waals surface area contributed by atoms with Crippen LogP contribution in [0.5, 0.6) is 0 Å². The van der Waals surface area contributed by atoms with Crippen LogP contribution in [0.15, 0.2) is 393 Å². The highest BCUT2D eigenvalue weighted by molar-refractivity contribution is 6.06. The predicted molar refractivity (Wildman–Crippen MR) is 494 cm³/mol. The van der Waals surface area contributed by atoms with Crippen LogP contribution in [0.25, 0.3) is 122 Å². The van der Waals surface area contributed by atoms with Gasteiger partial charge in [0.05, 0.1) is 0 Å². The summed E-state index contributed by atoms with van der Waals surface area (Å²) in [6.45, 7) is 0. The summed E-state index contributed by atoms with van der Waals surface area (Å²) in [7, 11) is 0. The first-order valence-corrected chi connectivity index (χ1v) is 43.7. The van der Waals surface area contributed by atoms with Crippen molar-refractivity contribution in [1.82, 2.24) is 0 Å². The number of hydrogen-bond donors (Lipinski definition) is 0. The number of nitrogens with zero attached hydrogens (tertiary/aromatic N) is 2. The molecule has 10 aliphatic carbocycles. The van der Waals surface area contributed by atoms with E-state index >= 15 is 0 Å². The van der Waals surface area contributed by atoms with Crippen LogP contribution in [0, 0.1) is 47.3 Å². The molecule has 1 heterocycles. The lowest BCUT2D eigenvalue weighted by molar-refractivity contribution is -0.0399. The van der Waals surface area contributed by atoms with E-state index in [4.69, 9.17) is 4.42 Å². The SMILES string of the molecule is c1ccc(-c2ccc(N(c3ccc(-c4cccc(-c5ccc6c(c5)-c5ccccc5C65C6CC7CC(C6)CC5C7)c4)cc3)c3ccc4c(c3)oc3ccccc34)cc2)cc1.c1ccc(-c2ccc(N(c3ccc(-c4ccccc4)cc3)c3cccc(-c4cccc(-c5ccc6c(c5)-c5ccccc5C65C6CC7CC(C6)CC5C7)c4)c3)cc2)cc1. The quantitative estimate of drug-likeness (QED) is 0.115. The maximum Gasteiger partial charge on any atom is 0.137 e. The predicted octanol–water partition coefficient (Wildman–Crippen LogP) is 31.3. The molecular weight excluding hydrogens is 1440 g/mol. The van der Waals surface area contributed by atoms with Gasteiger partial charge in [-0.25, -0.2) is 0 Å². The van der Waals surface area contributed by atoms with Crippen LogP contribution in [0.4, 0.5) is 34.1 Å². The van der Waals surface area contributed by atoms with Crippen molar-refractivity contribution in [1.29, 1.82) is 0 Å². The molecule has 0 amide bonds. The Hall–Kier alpha value is -13.1. The third kappa shape index (κ3) is 11.6. The zero-order chi connectivity index (χ0) is 78.3. The fourth-order valence-electron chi connectivity index (χ4n) is 25.1. The highest BCUT2D eigenvalue weighted by Crippen LogP contribution is 2.71. The molecule has 0 N–H and O–H groups in total. The summed E-state index contributed by atoms with van der Waals surface area (Å²) < 4.78 is 6.38. The van der Waals surface area contributed by atoms with Crippen LogP contribution in [0.2, 0.25) is 0 Å². The monoisotopic (exact) mass is 1530 g/mol. The van der Waals surface area contributed by atoms with E-state index in [1.807, 2.05) is 12.1 Å². The molecular formula is C116H92N2O. The largest absolute Gasteiger partial charge is 0.456 e. The van der Waals surface area contributed by atoms with Gasteiger partial charge in [0.2, 0.25) is 0 Å². The standard InChI is InChI=1S/C58H45NO.C58H47N/c1-2-9-39(10-3-1)40-17-22-47(23-18-40)59(49-26-27-52-51-14-5-7-16-56(51)60-57(52)36-49)48-24-19-41(20-25-48)42-11-8-12-43(34-42)44-21-28-55-53(35-44)50-13-4-6-15-54(50)58(55)45-30-37-29-38(32-45)33-46(58)31-37;1-3-11-41(12-4-1)43-21-26-51(27-22-43)59(52-28-23-44(24-29-52)42-13-5-2-6-14-42)53-18-10-17-47(37-53)45-15-9-16-46(36-45)48-25-30-57-55(38-48)54-19-7-8-20-56(54)58(57)49-32-39-31-40(34-49)35-50(58)33-39/h1-28,34-38,45-46H,29-33H2;1-30,36-40,49-50H,31-35H2. The van der Waals surface area contributed by atoms with Gasteiger partial charge in [0, 0.05) is 61.8 Å². The highest BCUT2D eigenvalue weighted by atomic mass is 16.3.